The number of aromatic nitrogens is 2. The van der Waals surface area contributed by atoms with Crippen LogP contribution in [0, 0.1) is 16.4 Å². The molecule has 1 unspecified atom stereocenters. The summed E-state index contributed by atoms with van der Waals surface area (Å²) in [7, 11) is 0. The van der Waals surface area contributed by atoms with Gasteiger partial charge in [0.1, 0.15) is 11.6 Å². The highest BCUT2D eigenvalue weighted by Gasteiger charge is 2.22. The second-order valence-corrected chi connectivity index (χ2v) is 5.28. The Bertz CT molecular complexity index is 720. The standard InChI is InChI=1S/C13H15F2N3OS/c1-6(2)16-12(19)7(3)18-11-9(17-13(18)20)5-4-8(14)10(11)15/h4-7H,1-3H3,(H,16,19)(H,17,20). The molecule has 20 heavy (non-hydrogen) atoms. The first kappa shape index (κ1) is 14.6. The molecule has 0 aliphatic carbocycles. The van der Waals surface area contributed by atoms with Gasteiger partial charge in [0.05, 0.1) is 5.52 Å². The quantitative estimate of drug-likeness (QED) is 0.856. The van der Waals surface area contributed by atoms with E-state index < -0.39 is 17.7 Å². The number of fused-ring (bicyclic) bond motifs is 1. The van der Waals surface area contributed by atoms with Gasteiger partial charge in [-0.3, -0.25) is 4.79 Å². The average Bonchev–Trinajstić information content (AvgIpc) is 2.69. The minimum absolute atomic E-state index is 0.0265. The van der Waals surface area contributed by atoms with E-state index in [1.54, 1.807) is 6.92 Å². The van der Waals surface area contributed by atoms with E-state index in [9.17, 15) is 13.6 Å². The first-order valence-corrected chi connectivity index (χ1v) is 6.62. The molecule has 0 radical (unpaired) electrons. The normalized spacial score (nSPS) is 12.9. The zero-order chi connectivity index (χ0) is 15.0. The SMILES string of the molecule is CC(C)NC(=O)C(C)n1c(=S)[nH]c2ccc(F)c(F)c21. The summed E-state index contributed by atoms with van der Waals surface area (Å²) in [6.07, 6.45) is 0. The van der Waals surface area contributed by atoms with Crippen molar-refractivity contribution in [2.75, 3.05) is 0 Å². The summed E-state index contributed by atoms with van der Waals surface area (Å²) in [4.78, 5) is 14.8. The number of benzene rings is 1. The van der Waals surface area contributed by atoms with Crippen LogP contribution in [-0.2, 0) is 4.79 Å². The van der Waals surface area contributed by atoms with E-state index in [0.717, 1.165) is 6.07 Å². The lowest BCUT2D eigenvalue weighted by molar-refractivity contribution is -0.124. The maximum atomic E-state index is 14.0. The van der Waals surface area contributed by atoms with E-state index in [-0.39, 0.29) is 22.2 Å². The van der Waals surface area contributed by atoms with Crippen LogP contribution in [0.5, 0.6) is 0 Å². The first-order valence-electron chi connectivity index (χ1n) is 6.21. The van der Waals surface area contributed by atoms with E-state index in [2.05, 4.69) is 10.3 Å². The summed E-state index contributed by atoms with van der Waals surface area (Å²) in [5.41, 5.74) is 0.333. The maximum absolute atomic E-state index is 14.0. The molecule has 1 atom stereocenters. The molecule has 0 aliphatic rings. The smallest absolute Gasteiger partial charge is 0.243 e. The van der Waals surface area contributed by atoms with E-state index >= 15 is 0 Å². The fraction of sp³-hybridized carbons (Fsp3) is 0.385. The molecule has 2 aromatic rings. The first-order chi connectivity index (χ1) is 9.32. The summed E-state index contributed by atoms with van der Waals surface area (Å²) >= 11 is 5.10. The van der Waals surface area contributed by atoms with Crippen LogP contribution >= 0.6 is 12.2 Å². The molecule has 1 heterocycles. The van der Waals surface area contributed by atoms with Gasteiger partial charge in [0.15, 0.2) is 16.4 Å². The van der Waals surface area contributed by atoms with Gasteiger partial charge in [0.25, 0.3) is 0 Å². The monoisotopic (exact) mass is 299 g/mol. The summed E-state index contributed by atoms with van der Waals surface area (Å²) in [6.45, 7) is 5.23. The number of carbonyl (C=O) groups is 1. The van der Waals surface area contributed by atoms with Gasteiger partial charge >= 0.3 is 0 Å². The molecule has 0 bridgehead atoms. The van der Waals surface area contributed by atoms with Crippen molar-refractivity contribution in [2.45, 2.75) is 32.9 Å². The fourth-order valence-corrected chi connectivity index (χ4v) is 2.40. The van der Waals surface area contributed by atoms with Crippen molar-refractivity contribution in [3.05, 3.63) is 28.5 Å². The van der Waals surface area contributed by atoms with Gasteiger partial charge < -0.3 is 14.9 Å². The minimum Gasteiger partial charge on any atom is -0.352 e. The zero-order valence-electron chi connectivity index (χ0n) is 11.3. The Morgan fingerprint density at radius 2 is 2.00 bits per heavy atom. The molecule has 0 fully saturated rings. The van der Waals surface area contributed by atoms with Crippen LogP contribution in [0.4, 0.5) is 8.78 Å². The number of hydrogen-bond donors (Lipinski definition) is 2. The minimum atomic E-state index is -1.01. The topological polar surface area (TPSA) is 49.8 Å². The lowest BCUT2D eigenvalue weighted by Crippen LogP contribution is -2.35. The molecule has 1 aromatic carbocycles. The van der Waals surface area contributed by atoms with Gasteiger partial charge in [0, 0.05) is 6.04 Å². The third kappa shape index (κ3) is 2.45. The Balaban J connectivity index is 2.59. The molecule has 7 heteroatoms. The Hall–Kier alpha value is -1.76. The molecule has 1 aromatic heterocycles. The molecule has 2 N–H and O–H groups in total. The highest BCUT2D eigenvalue weighted by atomic mass is 32.1. The van der Waals surface area contributed by atoms with Crippen molar-refractivity contribution in [3.63, 3.8) is 0 Å². The molecule has 0 saturated carbocycles. The second kappa shape index (κ2) is 5.32. The molecule has 0 aliphatic heterocycles. The van der Waals surface area contributed by atoms with Gasteiger partial charge in [-0.1, -0.05) is 0 Å². The van der Waals surface area contributed by atoms with Crippen molar-refractivity contribution in [3.8, 4) is 0 Å². The number of imidazole rings is 1. The van der Waals surface area contributed by atoms with Crippen molar-refractivity contribution in [1.82, 2.24) is 14.9 Å². The fourth-order valence-electron chi connectivity index (χ4n) is 2.05. The van der Waals surface area contributed by atoms with Crippen molar-refractivity contribution in [2.24, 2.45) is 0 Å². The van der Waals surface area contributed by atoms with E-state index in [1.165, 1.54) is 10.6 Å². The number of rotatable bonds is 3. The third-order valence-corrected chi connectivity index (χ3v) is 3.27. The molecule has 2 rings (SSSR count). The molecule has 4 nitrogen and oxygen atoms in total. The number of aromatic amines is 1. The largest absolute Gasteiger partial charge is 0.352 e. The molecule has 0 saturated heterocycles. The number of H-pyrrole nitrogens is 1. The Morgan fingerprint density at radius 1 is 1.35 bits per heavy atom. The summed E-state index contributed by atoms with van der Waals surface area (Å²) in [5, 5.41) is 2.72. The van der Waals surface area contributed by atoms with Crippen LogP contribution in [0.15, 0.2) is 12.1 Å². The van der Waals surface area contributed by atoms with Gasteiger partial charge in [-0.15, -0.1) is 0 Å². The average molecular weight is 299 g/mol. The number of nitrogens with one attached hydrogen (secondary N) is 2. The van der Waals surface area contributed by atoms with Gasteiger partial charge in [0.2, 0.25) is 5.91 Å². The van der Waals surface area contributed by atoms with E-state index in [0.29, 0.717) is 5.52 Å². The van der Waals surface area contributed by atoms with E-state index in [4.69, 9.17) is 12.2 Å². The number of carbonyl (C=O) groups excluding carboxylic acids is 1. The van der Waals surface area contributed by atoms with Crippen molar-refractivity contribution >= 4 is 29.2 Å². The Labute approximate surface area is 119 Å². The van der Waals surface area contributed by atoms with Crippen molar-refractivity contribution in [1.29, 1.82) is 0 Å². The van der Waals surface area contributed by atoms with Crippen LogP contribution in [0.1, 0.15) is 26.8 Å². The summed E-state index contributed by atoms with van der Waals surface area (Å²) < 4.78 is 28.8. The predicted molar refractivity (Wildman–Crippen MR) is 75.0 cm³/mol. The Kier molecular flexibility index (Phi) is 3.89. The molecule has 108 valence electrons. The maximum Gasteiger partial charge on any atom is 0.243 e. The number of halogens is 2. The summed E-state index contributed by atoms with van der Waals surface area (Å²) in [6, 6.07) is 1.63. The summed E-state index contributed by atoms with van der Waals surface area (Å²) in [5.74, 6) is -2.29. The highest BCUT2D eigenvalue weighted by molar-refractivity contribution is 7.71. The number of amides is 1. The lowest BCUT2D eigenvalue weighted by atomic mass is 10.2. The van der Waals surface area contributed by atoms with Crippen LogP contribution < -0.4 is 5.32 Å². The van der Waals surface area contributed by atoms with Gasteiger partial charge in [-0.05, 0) is 45.1 Å². The highest BCUT2D eigenvalue weighted by Crippen LogP contribution is 2.24. The molecule has 0 spiro atoms. The predicted octanol–water partition coefficient (Wildman–Crippen LogP) is 3.06. The van der Waals surface area contributed by atoms with E-state index in [1.807, 2.05) is 13.8 Å². The van der Waals surface area contributed by atoms with Crippen LogP contribution in [0.3, 0.4) is 0 Å². The van der Waals surface area contributed by atoms with Crippen molar-refractivity contribution < 1.29 is 13.6 Å². The molecule has 1 amide bonds. The zero-order valence-corrected chi connectivity index (χ0v) is 12.1. The molecular weight excluding hydrogens is 284 g/mol. The third-order valence-electron chi connectivity index (χ3n) is 2.97. The number of hydrogen-bond acceptors (Lipinski definition) is 2. The second-order valence-electron chi connectivity index (χ2n) is 4.90. The number of nitrogens with zero attached hydrogens (tertiary/aromatic N) is 1. The van der Waals surface area contributed by atoms with Gasteiger partial charge in [-0.25, -0.2) is 8.78 Å². The van der Waals surface area contributed by atoms with Crippen LogP contribution in [0.25, 0.3) is 11.0 Å². The van der Waals surface area contributed by atoms with Gasteiger partial charge in [-0.2, -0.15) is 0 Å². The lowest BCUT2D eigenvalue weighted by Gasteiger charge is -2.16. The van der Waals surface area contributed by atoms with Crippen LogP contribution in [0.2, 0.25) is 0 Å². The Morgan fingerprint density at radius 3 is 2.60 bits per heavy atom. The molecular formula is C13H15F2N3OS. The van der Waals surface area contributed by atoms with Crippen LogP contribution in [-0.4, -0.2) is 21.5 Å².